The highest BCUT2D eigenvalue weighted by atomic mass is 19.4. The second-order valence-electron chi connectivity index (χ2n) is 7.01. The average Bonchev–Trinajstić information content (AvgIpc) is 3.05. The molecule has 0 unspecified atom stereocenters. The molecule has 0 bridgehead atoms. The number of piperidine rings is 1. The Bertz CT molecular complexity index is 547. The van der Waals surface area contributed by atoms with Gasteiger partial charge in [-0.05, 0) is 45.0 Å². The molecule has 1 aliphatic carbocycles. The van der Waals surface area contributed by atoms with Gasteiger partial charge in [0.25, 0.3) is 0 Å². The average molecular weight is 338 g/mol. The summed E-state index contributed by atoms with van der Waals surface area (Å²) in [6.45, 7) is 1.99. The van der Waals surface area contributed by atoms with E-state index in [1.807, 2.05) is 18.2 Å². The molecule has 1 aromatic rings. The van der Waals surface area contributed by atoms with Gasteiger partial charge < -0.3 is 0 Å². The normalized spacial score (nSPS) is 26.4. The van der Waals surface area contributed by atoms with Crippen molar-refractivity contribution in [1.29, 1.82) is 0 Å². The molecule has 0 radical (unpaired) electrons. The molecule has 0 aromatic heterocycles. The van der Waals surface area contributed by atoms with Crippen LogP contribution in [0.3, 0.4) is 0 Å². The lowest BCUT2D eigenvalue weighted by Crippen LogP contribution is -2.44. The molecular formula is C19H25F3N2. The van der Waals surface area contributed by atoms with Crippen LogP contribution in [0.25, 0.3) is 0 Å². The highest BCUT2D eigenvalue weighted by Crippen LogP contribution is 2.35. The van der Waals surface area contributed by atoms with E-state index in [1.54, 1.807) is 0 Å². The van der Waals surface area contributed by atoms with E-state index in [-0.39, 0.29) is 18.9 Å². The van der Waals surface area contributed by atoms with E-state index >= 15 is 0 Å². The minimum Gasteiger partial charge on any atom is -0.297 e. The first kappa shape index (κ1) is 17.5. The number of benzene rings is 1. The van der Waals surface area contributed by atoms with Gasteiger partial charge in [0.2, 0.25) is 0 Å². The van der Waals surface area contributed by atoms with Crippen LogP contribution in [-0.2, 0) is 6.54 Å². The monoisotopic (exact) mass is 338 g/mol. The number of hydrogen-bond donors (Lipinski definition) is 0. The second-order valence-corrected chi connectivity index (χ2v) is 7.01. The van der Waals surface area contributed by atoms with Crippen LogP contribution in [0.5, 0.6) is 0 Å². The highest BCUT2D eigenvalue weighted by Gasteiger charge is 2.42. The van der Waals surface area contributed by atoms with Crippen LogP contribution in [0.15, 0.2) is 42.5 Å². The van der Waals surface area contributed by atoms with Gasteiger partial charge in [-0.25, -0.2) is 0 Å². The highest BCUT2D eigenvalue weighted by molar-refractivity contribution is 5.16. The topological polar surface area (TPSA) is 6.48 Å². The number of rotatable bonds is 4. The SMILES string of the molecule is CN(Cc1ccccc1)[C@@H]1C=C[C@H](N2CCC(C(F)(F)F)CC2)C1. The second kappa shape index (κ2) is 7.28. The summed E-state index contributed by atoms with van der Waals surface area (Å²) in [5, 5.41) is 0. The fourth-order valence-electron chi connectivity index (χ4n) is 3.81. The Kier molecular flexibility index (Phi) is 5.30. The van der Waals surface area contributed by atoms with Crippen molar-refractivity contribution in [2.45, 2.75) is 44.1 Å². The summed E-state index contributed by atoms with van der Waals surface area (Å²) in [6, 6.07) is 11.0. The lowest BCUT2D eigenvalue weighted by molar-refractivity contribution is -0.185. The Morgan fingerprint density at radius 3 is 2.38 bits per heavy atom. The van der Waals surface area contributed by atoms with Gasteiger partial charge in [0.1, 0.15) is 0 Å². The molecule has 1 saturated heterocycles. The lowest BCUT2D eigenvalue weighted by atomic mass is 9.95. The number of likely N-dealkylation sites (tertiary alicyclic amines) is 1. The largest absolute Gasteiger partial charge is 0.391 e. The van der Waals surface area contributed by atoms with Gasteiger partial charge in [-0.15, -0.1) is 0 Å². The predicted molar refractivity (Wildman–Crippen MR) is 89.6 cm³/mol. The van der Waals surface area contributed by atoms with Crippen LogP contribution in [0, 0.1) is 5.92 Å². The van der Waals surface area contributed by atoms with Crippen LogP contribution in [-0.4, -0.2) is 48.2 Å². The molecule has 2 aliphatic rings. The zero-order chi connectivity index (χ0) is 17.2. The molecule has 5 heteroatoms. The molecule has 0 amide bonds. The van der Waals surface area contributed by atoms with E-state index in [2.05, 4.69) is 41.1 Å². The molecule has 1 heterocycles. The van der Waals surface area contributed by atoms with E-state index in [9.17, 15) is 13.2 Å². The van der Waals surface area contributed by atoms with Gasteiger partial charge in [0, 0.05) is 18.6 Å². The van der Waals surface area contributed by atoms with Crippen LogP contribution >= 0.6 is 0 Å². The summed E-state index contributed by atoms with van der Waals surface area (Å²) in [4.78, 5) is 4.53. The quantitative estimate of drug-likeness (QED) is 0.763. The van der Waals surface area contributed by atoms with Crippen molar-refractivity contribution in [3.8, 4) is 0 Å². The molecule has 0 N–H and O–H groups in total. The van der Waals surface area contributed by atoms with Crippen molar-refractivity contribution >= 4 is 0 Å². The van der Waals surface area contributed by atoms with Gasteiger partial charge in [0.05, 0.1) is 5.92 Å². The predicted octanol–water partition coefficient (Wildman–Crippen LogP) is 4.09. The first-order valence-electron chi connectivity index (χ1n) is 8.67. The van der Waals surface area contributed by atoms with Gasteiger partial charge >= 0.3 is 6.18 Å². The fraction of sp³-hybridized carbons (Fsp3) is 0.579. The molecule has 2 nitrogen and oxygen atoms in total. The van der Waals surface area contributed by atoms with Crippen LogP contribution in [0.4, 0.5) is 13.2 Å². The minimum absolute atomic E-state index is 0.234. The first-order valence-corrected chi connectivity index (χ1v) is 8.67. The van der Waals surface area contributed by atoms with Crippen LogP contribution in [0.2, 0.25) is 0 Å². The maximum absolute atomic E-state index is 12.8. The molecule has 1 aliphatic heterocycles. The third-order valence-electron chi connectivity index (χ3n) is 5.34. The molecule has 24 heavy (non-hydrogen) atoms. The fourth-order valence-corrected chi connectivity index (χ4v) is 3.81. The number of alkyl halides is 3. The Morgan fingerprint density at radius 1 is 1.08 bits per heavy atom. The Morgan fingerprint density at radius 2 is 1.75 bits per heavy atom. The Labute approximate surface area is 141 Å². The molecule has 1 fully saturated rings. The van der Waals surface area contributed by atoms with Crippen molar-refractivity contribution < 1.29 is 13.2 Å². The smallest absolute Gasteiger partial charge is 0.297 e. The van der Waals surface area contributed by atoms with E-state index < -0.39 is 12.1 Å². The molecule has 3 rings (SSSR count). The zero-order valence-corrected chi connectivity index (χ0v) is 14.0. The molecule has 132 valence electrons. The maximum atomic E-state index is 12.8. The van der Waals surface area contributed by atoms with Crippen LogP contribution in [0.1, 0.15) is 24.8 Å². The van der Waals surface area contributed by atoms with Gasteiger partial charge in [0.15, 0.2) is 0 Å². The standard InChI is InChI=1S/C19H25F3N2/c1-23(14-15-5-3-2-4-6-15)17-7-8-18(13-17)24-11-9-16(10-12-24)19(20,21)22/h2-8,16-18H,9-14H2,1H3/t17-,18+/m1/s1. The van der Waals surface area contributed by atoms with E-state index in [1.165, 1.54) is 5.56 Å². The molecule has 2 atom stereocenters. The van der Waals surface area contributed by atoms with Crippen molar-refractivity contribution in [3.05, 3.63) is 48.0 Å². The molecule has 1 aromatic carbocycles. The Hall–Kier alpha value is -1.33. The van der Waals surface area contributed by atoms with Gasteiger partial charge in [-0.1, -0.05) is 42.5 Å². The van der Waals surface area contributed by atoms with Crippen molar-refractivity contribution in [1.82, 2.24) is 9.80 Å². The molecule has 0 saturated carbocycles. The molecule has 0 spiro atoms. The lowest BCUT2D eigenvalue weighted by Gasteiger charge is -2.36. The zero-order valence-electron chi connectivity index (χ0n) is 14.0. The van der Waals surface area contributed by atoms with Crippen LogP contribution < -0.4 is 0 Å². The summed E-state index contributed by atoms with van der Waals surface area (Å²) >= 11 is 0. The minimum atomic E-state index is -4.03. The molecular weight excluding hydrogens is 313 g/mol. The third-order valence-corrected chi connectivity index (χ3v) is 5.34. The Balaban J connectivity index is 1.49. The van der Waals surface area contributed by atoms with E-state index in [0.29, 0.717) is 19.1 Å². The van der Waals surface area contributed by atoms with Gasteiger partial charge in [-0.3, -0.25) is 9.80 Å². The summed E-state index contributed by atoms with van der Waals surface area (Å²) in [6.07, 6.45) is 1.80. The van der Waals surface area contributed by atoms with Crippen molar-refractivity contribution in [2.24, 2.45) is 5.92 Å². The van der Waals surface area contributed by atoms with Gasteiger partial charge in [-0.2, -0.15) is 13.2 Å². The third kappa shape index (κ3) is 4.19. The number of nitrogens with zero attached hydrogens (tertiary/aromatic N) is 2. The summed E-state index contributed by atoms with van der Waals surface area (Å²) in [5.74, 6) is -1.12. The van der Waals surface area contributed by atoms with Crippen molar-refractivity contribution in [2.75, 3.05) is 20.1 Å². The first-order chi connectivity index (χ1) is 11.4. The van der Waals surface area contributed by atoms with Crippen molar-refractivity contribution in [3.63, 3.8) is 0 Å². The van der Waals surface area contributed by atoms with E-state index in [4.69, 9.17) is 0 Å². The summed E-state index contributed by atoms with van der Waals surface area (Å²) in [5.41, 5.74) is 1.28. The summed E-state index contributed by atoms with van der Waals surface area (Å²) < 4.78 is 38.3. The number of hydrogen-bond acceptors (Lipinski definition) is 2. The maximum Gasteiger partial charge on any atom is 0.391 e. The summed E-state index contributed by atoms with van der Waals surface area (Å²) in [7, 11) is 2.11. The number of likely N-dealkylation sites (N-methyl/N-ethyl adjacent to an activating group) is 1. The van der Waals surface area contributed by atoms with E-state index in [0.717, 1.165) is 13.0 Å². The number of halogens is 3.